The largest absolute Gasteiger partial charge is 0.324 e. The van der Waals surface area contributed by atoms with Crippen LogP contribution in [-0.4, -0.2) is 29.6 Å². The van der Waals surface area contributed by atoms with Crippen LogP contribution in [0, 0.1) is 5.92 Å². The Labute approximate surface area is 81.5 Å². The van der Waals surface area contributed by atoms with E-state index >= 15 is 0 Å². The lowest BCUT2D eigenvalue weighted by atomic mass is 10.0. The van der Waals surface area contributed by atoms with Gasteiger partial charge in [-0.1, -0.05) is 6.92 Å². The highest BCUT2D eigenvalue weighted by Crippen LogP contribution is 2.38. The van der Waals surface area contributed by atoms with Crippen molar-refractivity contribution in [3.05, 3.63) is 0 Å². The van der Waals surface area contributed by atoms with Gasteiger partial charge in [-0.25, -0.2) is 0 Å². The highest BCUT2D eigenvalue weighted by Gasteiger charge is 2.39. The molecule has 2 nitrogen and oxygen atoms in total. The Kier molecular flexibility index (Phi) is 2.37. The molecular weight excluding hydrogens is 160 g/mol. The van der Waals surface area contributed by atoms with E-state index in [-0.39, 0.29) is 5.54 Å². The summed E-state index contributed by atoms with van der Waals surface area (Å²) in [5, 5.41) is 0. The number of hydrogen-bond acceptors (Lipinski definition) is 2. The summed E-state index contributed by atoms with van der Waals surface area (Å²) in [7, 11) is 0. The van der Waals surface area contributed by atoms with E-state index in [0.29, 0.717) is 0 Å². The molecule has 1 saturated heterocycles. The molecule has 0 amide bonds. The number of nitrogens with zero attached hydrogens (tertiary/aromatic N) is 1. The molecule has 1 aliphatic carbocycles. The monoisotopic (exact) mass is 182 g/mol. The Bertz CT molecular complexity index is 185. The lowest BCUT2D eigenvalue weighted by Gasteiger charge is -2.28. The van der Waals surface area contributed by atoms with Gasteiger partial charge >= 0.3 is 0 Å². The molecule has 0 aromatic rings. The molecule has 0 aromatic heterocycles. The fourth-order valence-electron chi connectivity index (χ4n) is 2.67. The first-order valence-corrected chi connectivity index (χ1v) is 5.65. The summed E-state index contributed by atoms with van der Waals surface area (Å²) in [6, 6.07) is 0.838. The predicted molar refractivity (Wildman–Crippen MR) is 55.6 cm³/mol. The normalized spacial score (nSPS) is 38.1. The van der Waals surface area contributed by atoms with Gasteiger partial charge in [0.1, 0.15) is 0 Å². The summed E-state index contributed by atoms with van der Waals surface area (Å²) in [5.74, 6) is 0.999. The molecule has 1 aliphatic heterocycles. The summed E-state index contributed by atoms with van der Waals surface area (Å²) >= 11 is 0. The zero-order valence-electron chi connectivity index (χ0n) is 8.92. The molecule has 0 bridgehead atoms. The van der Waals surface area contributed by atoms with Crippen LogP contribution in [-0.2, 0) is 0 Å². The third-order valence-electron chi connectivity index (χ3n) is 3.59. The van der Waals surface area contributed by atoms with Crippen molar-refractivity contribution in [1.82, 2.24) is 4.90 Å². The van der Waals surface area contributed by atoms with E-state index in [9.17, 15) is 0 Å². The lowest BCUT2D eigenvalue weighted by Crippen LogP contribution is -2.42. The van der Waals surface area contributed by atoms with Gasteiger partial charge in [-0.15, -0.1) is 0 Å². The first-order chi connectivity index (χ1) is 6.12. The Hall–Kier alpha value is -0.0800. The van der Waals surface area contributed by atoms with Gasteiger partial charge in [0, 0.05) is 24.7 Å². The lowest BCUT2D eigenvalue weighted by molar-refractivity contribution is 0.202. The van der Waals surface area contributed by atoms with Crippen molar-refractivity contribution in [3.63, 3.8) is 0 Å². The molecule has 1 heterocycles. The van der Waals surface area contributed by atoms with Crippen molar-refractivity contribution < 1.29 is 0 Å². The number of rotatable bonds is 3. The van der Waals surface area contributed by atoms with Gasteiger partial charge in [-0.3, -0.25) is 4.90 Å². The molecule has 2 fully saturated rings. The van der Waals surface area contributed by atoms with E-state index in [2.05, 4.69) is 18.7 Å². The van der Waals surface area contributed by atoms with Crippen LogP contribution in [0.2, 0.25) is 0 Å². The van der Waals surface area contributed by atoms with Crippen LogP contribution in [0.4, 0.5) is 0 Å². The van der Waals surface area contributed by atoms with Gasteiger partial charge in [-0.2, -0.15) is 0 Å². The molecule has 13 heavy (non-hydrogen) atoms. The van der Waals surface area contributed by atoms with Crippen LogP contribution in [0.25, 0.3) is 0 Å². The van der Waals surface area contributed by atoms with Gasteiger partial charge in [0.2, 0.25) is 0 Å². The first-order valence-electron chi connectivity index (χ1n) is 5.65. The molecule has 2 aliphatic rings. The van der Waals surface area contributed by atoms with E-state index < -0.39 is 0 Å². The van der Waals surface area contributed by atoms with Crippen LogP contribution < -0.4 is 5.73 Å². The quantitative estimate of drug-likeness (QED) is 0.718. The molecule has 0 radical (unpaired) electrons. The van der Waals surface area contributed by atoms with Crippen molar-refractivity contribution >= 4 is 0 Å². The fraction of sp³-hybridized carbons (Fsp3) is 1.00. The van der Waals surface area contributed by atoms with Crippen molar-refractivity contribution in [2.75, 3.05) is 13.1 Å². The topological polar surface area (TPSA) is 29.3 Å². The van der Waals surface area contributed by atoms with Gasteiger partial charge < -0.3 is 5.73 Å². The summed E-state index contributed by atoms with van der Waals surface area (Å²) in [4.78, 5) is 2.62. The third-order valence-corrected chi connectivity index (χ3v) is 3.59. The smallest absolute Gasteiger partial charge is 0.0267 e. The summed E-state index contributed by atoms with van der Waals surface area (Å²) in [6.45, 7) is 6.84. The second-order valence-corrected chi connectivity index (χ2v) is 5.19. The third kappa shape index (κ3) is 2.05. The molecule has 0 spiro atoms. The second-order valence-electron chi connectivity index (χ2n) is 5.19. The van der Waals surface area contributed by atoms with Crippen LogP contribution in [0.5, 0.6) is 0 Å². The first kappa shape index (κ1) is 9.47. The average molecular weight is 182 g/mol. The molecule has 76 valence electrons. The zero-order valence-corrected chi connectivity index (χ0v) is 8.92. The van der Waals surface area contributed by atoms with E-state index in [1.807, 2.05) is 0 Å². The van der Waals surface area contributed by atoms with Gasteiger partial charge in [0.05, 0.1) is 0 Å². The minimum absolute atomic E-state index is 0.0856. The minimum Gasteiger partial charge on any atom is -0.324 e. The van der Waals surface area contributed by atoms with Crippen LogP contribution in [0.1, 0.15) is 39.5 Å². The van der Waals surface area contributed by atoms with E-state index in [1.165, 1.54) is 32.2 Å². The number of hydrogen-bond donors (Lipinski definition) is 1. The number of nitrogens with two attached hydrogens (primary N) is 1. The van der Waals surface area contributed by atoms with Gasteiger partial charge in [-0.05, 0) is 38.5 Å². The molecular formula is C11H22N2. The Morgan fingerprint density at radius 3 is 2.62 bits per heavy atom. The summed E-state index contributed by atoms with van der Waals surface area (Å²) in [6.07, 6.45) is 5.39. The maximum absolute atomic E-state index is 6.14. The Morgan fingerprint density at radius 1 is 1.54 bits per heavy atom. The standard InChI is InChI=1S/C11H22N2/c1-3-10(9-4-5-9)13-7-6-11(2,12)8-13/h9-10H,3-8,12H2,1-2H3. The zero-order chi connectivity index (χ0) is 9.47. The van der Waals surface area contributed by atoms with E-state index in [0.717, 1.165) is 18.5 Å². The van der Waals surface area contributed by atoms with Crippen molar-refractivity contribution in [2.45, 2.75) is 51.1 Å². The Balaban J connectivity index is 1.93. The highest BCUT2D eigenvalue weighted by molar-refractivity contribution is 4.96. The van der Waals surface area contributed by atoms with Crippen molar-refractivity contribution in [2.24, 2.45) is 11.7 Å². The number of likely N-dealkylation sites (tertiary alicyclic amines) is 1. The minimum atomic E-state index is 0.0856. The van der Waals surface area contributed by atoms with Gasteiger partial charge in [0.15, 0.2) is 0 Å². The SMILES string of the molecule is CCC(C1CC1)N1CCC(C)(N)C1. The van der Waals surface area contributed by atoms with E-state index in [4.69, 9.17) is 5.73 Å². The Morgan fingerprint density at radius 2 is 2.23 bits per heavy atom. The maximum Gasteiger partial charge on any atom is 0.0267 e. The van der Waals surface area contributed by atoms with Gasteiger partial charge in [0.25, 0.3) is 0 Å². The van der Waals surface area contributed by atoms with Crippen LogP contribution in [0.3, 0.4) is 0 Å². The molecule has 2 rings (SSSR count). The molecule has 2 atom stereocenters. The molecule has 2 heteroatoms. The van der Waals surface area contributed by atoms with Crippen molar-refractivity contribution in [3.8, 4) is 0 Å². The van der Waals surface area contributed by atoms with Crippen LogP contribution in [0.15, 0.2) is 0 Å². The highest BCUT2D eigenvalue weighted by atomic mass is 15.2. The van der Waals surface area contributed by atoms with Crippen molar-refractivity contribution in [1.29, 1.82) is 0 Å². The maximum atomic E-state index is 6.14. The van der Waals surface area contributed by atoms with Crippen LogP contribution >= 0.6 is 0 Å². The molecule has 2 N–H and O–H groups in total. The average Bonchev–Trinajstić information content (AvgIpc) is 2.80. The molecule has 0 aromatic carbocycles. The van der Waals surface area contributed by atoms with E-state index in [1.54, 1.807) is 0 Å². The molecule has 1 saturated carbocycles. The second kappa shape index (κ2) is 3.25. The molecule has 2 unspecified atom stereocenters. The summed E-state index contributed by atoms with van der Waals surface area (Å²) < 4.78 is 0. The summed E-state index contributed by atoms with van der Waals surface area (Å²) in [5.41, 5.74) is 6.23. The fourth-order valence-corrected chi connectivity index (χ4v) is 2.67. The predicted octanol–water partition coefficient (Wildman–Crippen LogP) is 1.60.